The maximum absolute atomic E-state index is 13.4. The Morgan fingerprint density at radius 3 is 2.40 bits per heavy atom. The van der Waals surface area contributed by atoms with Crippen molar-refractivity contribution in [2.24, 2.45) is 0 Å². The van der Waals surface area contributed by atoms with Crippen molar-refractivity contribution in [3.05, 3.63) is 105 Å². The van der Waals surface area contributed by atoms with Crippen LogP contribution in [0.4, 0.5) is 5.69 Å². The normalized spacial score (nSPS) is 11.1. The van der Waals surface area contributed by atoms with Crippen molar-refractivity contribution in [3.63, 3.8) is 0 Å². The summed E-state index contributed by atoms with van der Waals surface area (Å²) in [6.45, 7) is 1.92. The average molecular weight is 470 g/mol. The lowest BCUT2D eigenvalue weighted by Crippen LogP contribution is -2.29. The molecule has 35 heavy (non-hydrogen) atoms. The number of aromatic nitrogens is 4. The number of nitrogens with zero attached hydrogens (tertiary/aromatic N) is 4. The van der Waals surface area contributed by atoms with Crippen LogP contribution in [-0.4, -0.2) is 31.8 Å². The number of nitrogens with one attached hydrogen (secondary N) is 1. The minimum Gasteiger partial charge on any atom is -0.497 e. The van der Waals surface area contributed by atoms with Gasteiger partial charge < -0.3 is 10.1 Å². The fraction of sp³-hybridized carbons (Fsp3) is 0.154. The number of rotatable bonds is 6. The molecule has 9 heteroatoms. The van der Waals surface area contributed by atoms with E-state index in [2.05, 4.69) is 10.4 Å². The molecule has 176 valence electrons. The number of para-hydroxylation sites is 1. The zero-order chi connectivity index (χ0) is 24.5. The van der Waals surface area contributed by atoms with E-state index in [1.54, 1.807) is 55.6 Å². The number of methoxy groups -OCH3 is 1. The SMILES string of the molecule is COc1ccc(NC(=O)Cn2nc3n(Cc4ccc(C)cc4)c(=O)c4ccccc4n3c2=O)cc1. The van der Waals surface area contributed by atoms with Crippen LogP contribution >= 0.6 is 0 Å². The third kappa shape index (κ3) is 4.19. The second-order valence-electron chi connectivity index (χ2n) is 8.25. The summed E-state index contributed by atoms with van der Waals surface area (Å²) in [4.78, 5) is 39.4. The molecule has 0 unspecified atom stereocenters. The van der Waals surface area contributed by atoms with Gasteiger partial charge in [0.15, 0.2) is 0 Å². The summed E-state index contributed by atoms with van der Waals surface area (Å²) in [5, 5.41) is 7.54. The fourth-order valence-corrected chi connectivity index (χ4v) is 4.00. The predicted molar refractivity (Wildman–Crippen MR) is 133 cm³/mol. The van der Waals surface area contributed by atoms with Gasteiger partial charge in [0.2, 0.25) is 11.7 Å². The molecular weight excluding hydrogens is 446 g/mol. The van der Waals surface area contributed by atoms with E-state index in [0.29, 0.717) is 22.3 Å². The number of fused-ring (bicyclic) bond motifs is 3. The van der Waals surface area contributed by atoms with Crippen LogP contribution in [0.2, 0.25) is 0 Å². The highest BCUT2D eigenvalue weighted by atomic mass is 16.5. The highest BCUT2D eigenvalue weighted by Crippen LogP contribution is 2.15. The van der Waals surface area contributed by atoms with Crippen LogP contribution in [0.5, 0.6) is 5.75 Å². The first-order valence-corrected chi connectivity index (χ1v) is 11.0. The van der Waals surface area contributed by atoms with E-state index in [-0.39, 0.29) is 24.4 Å². The van der Waals surface area contributed by atoms with Crippen molar-refractivity contribution < 1.29 is 9.53 Å². The largest absolute Gasteiger partial charge is 0.497 e. The fourth-order valence-electron chi connectivity index (χ4n) is 4.00. The average Bonchev–Trinajstić information content (AvgIpc) is 3.19. The Hall–Kier alpha value is -4.66. The molecule has 1 amide bonds. The maximum atomic E-state index is 13.4. The molecule has 0 atom stereocenters. The van der Waals surface area contributed by atoms with Crippen LogP contribution in [0.25, 0.3) is 16.7 Å². The number of ether oxygens (including phenoxy) is 1. The topological polar surface area (TPSA) is 99.6 Å². The molecule has 0 saturated heterocycles. The summed E-state index contributed by atoms with van der Waals surface area (Å²) in [5.41, 5.74) is 2.25. The highest BCUT2D eigenvalue weighted by molar-refractivity contribution is 5.90. The lowest BCUT2D eigenvalue weighted by atomic mass is 10.1. The van der Waals surface area contributed by atoms with Gasteiger partial charge in [-0.25, -0.2) is 13.9 Å². The Balaban J connectivity index is 1.57. The maximum Gasteiger partial charge on any atom is 0.352 e. The summed E-state index contributed by atoms with van der Waals surface area (Å²) >= 11 is 0. The van der Waals surface area contributed by atoms with E-state index >= 15 is 0 Å². The minimum atomic E-state index is -0.501. The highest BCUT2D eigenvalue weighted by Gasteiger charge is 2.19. The van der Waals surface area contributed by atoms with Crippen molar-refractivity contribution in [2.45, 2.75) is 20.0 Å². The molecule has 0 radical (unpaired) electrons. The number of hydrogen-bond donors (Lipinski definition) is 1. The third-order valence-corrected chi connectivity index (χ3v) is 5.81. The predicted octanol–water partition coefficient (Wildman–Crippen LogP) is 2.81. The number of carbonyl (C=O) groups is 1. The van der Waals surface area contributed by atoms with E-state index < -0.39 is 11.6 Å². The van der Waals surface area contributed by atoms with Crippen LogP contribution in [0.15, 0.2) is 82.4 Å². The molecule has 3 aromatic carbocycles. The molecule has 5 aromatic rings. The summed E-state index contributed by atoms with van der Waals surface area (Å²) in [7, 11) is 1.56. The van der Waals surface area contributed by atoms with E-state index in [1.165, 1.54) is 8.97 Å². The molecule has 2 heterocycles. The van der Waals surface area contributed by atoms with Gasteiger partial charge in [0, 0.05) is 5.69 Å². The van der Waals surface area contributed by atoms with Gasteiger partial charge in [-0.3, -0.25) is 14.2 Å². The van der Waals surface area contributed by atoms with Crippen LogP contribution in [0, 0.1) is 6.92 Å². The van der Waals surface area contributed by atoms with E-state index in [1.807, 2.05) is 31.2 Å². The van der Waals surface area contributed by atoms with Crippen molar-refractivity contribution >= 4 is 28.3 Å². The Kier molecular flexibility index (Phi) is 5.66. The minimum absolute atomic E-state index is 0.177. The van der Waals surface area contributed by atoms with Gasteiger partial charge in [-0.1, -0.05) is 42.0 Å². The number of hydrogen-bond acceptors (Lipinski definition) is 5. The molecule has 1 N–H and O–H groups in total. The van der Waals surface area contributed by atoms with Crippen molar-refractivity contribution in [1.82, 2.24) is 18.7 Å². The molecule has 0 saturated carbocycles. The third-order valence-electron chi connectivity index (χ3n) is 5.81. The number of carbonyl (C=O) groups excluding carboxylic acids is 1. The smallest absolute Gasteiger partial charge is 0.352 e. The standard InChI is InChI=1S/C26H23N5O4/c1-17-7-9-18(10-8-17)15-29-24(33)21-5-3-4-6-22(21)31-25(29)28-30(26(31)34)16-23(32)27-19-11-13-20(35-2)14-12-19/h3-14H,15-16H2,1-2H3,(H,27,32). The van der Waals surface area contributed by atoms with Crippen molar-refractivity contribution in [1.29, 1.82) is 0 Å². The first kappa shape index (κ1) is 22.1. The zero-order valence-electron chi connectivity index (χ0n) is 19.3. The van der Waals surface area contributed by atoms with Gasteiger partial charge >= 0.3 is 5.69 Å². The van der Waals surface area contributed by atoms with Crippen LogP contribution in [0.1, 0.15) is 11.1 Å². The summed E-state index contributed by atoms with van der Waals surface area (Å²) in [5.74, 6) is 0.423. The Bertz CT molecular complexity index is 1660. The quantitative estimate of drug-likeness (QED) is 0.412. The molecule has 0 fully saturated rings. The number of anilines is 1. The van der Waals surface area contributed by atoms with Crippen molar-refractivity contribution in [3.8, 4) is 5.75 Å². The van der Waals surface area contributed by atoms with E-state index in [0.717, 1.165) is 15.8 Å². The van der Waals surface area contributed by atoms with Crippen molar-refractivity contribution in [2.75, 3.05) is 12.4 Å². The summed E-state index contributed by atoms with van der Waals surface area (Å²) < 4.78 is 9.04. The second-order valence-corrected chi connectivity index (χ2v) is 8.25. The van der Waals surface area contributed by atoms with Crippen LogP contribution < -0.4 is 21.3 Å². The molecule has 5 rings (SSSR count). The number of amides is 1. The van der Waals surface area contributed by atoms with Gasteiger partial charge in [0.25, 0.3) is 5.56 Å². The first-order chi connectivity index (χ1) is 16.9. The lowest BCUT2D eigenvalue weighted by molar-refractivity contribution is -0.117. The molecule has 0 bridgehead atoms. The Morgan fingerprint density at radius 2 is 1.69 bits per heavy atom. The van der Waals surface area contributed by atoms with Gasteiger partial charge in [-0.05, 0) is 48.9 Å². The Morgan fingerprint density at radius 1 is 0.971 bits per heavy atom. The van der Waals surface area contributed by atoms with Gasteiger partial charge in [0.05, 0.1) is 24.6 Å². The monoisotopic (exact) mass is 469 g/mol. The molecule has 0 aliphatic carbocycles. The van der Waals surface area contributed by atoms with Gasteiger partial charge in [-0.15, -0.1) is 5.10 Å². The van der Waals surface area contributed by atoms with Gasteiger partial charge in [0.1, 0.15) is 12.3 Å². The molecular formula is C26H23N5O4. The number of benzene rings is 3. The van der Waals surface area contributed by atoms with Crippen LogP contribution in [-0.2, 0) is 17.9 Å². The molecule has 0 aliphatic heterocycles. The molecule has 2 aromatic heterocycles. The van der Waals surface area contributed by atoms with E-state index in [4.69, 9.17) is 4.74 Å². The molecule has 0 spiro atoms. The molecule has 9 nitrogen and oxygen atoms in total. The summed E-state index contributed by atoms with van der Waals surface area (Å²) in [6, 6.07) is 21.6. The molecule has 0 aliphatic rings. The Labute approximate surface area is 199 Å². The van der Waals surface area contributed by atoms with E-state index in [9.17, 15) is 14.4 Å². The first-order valence-electron chi connectivity index (χ1n) is 11.0. The second kappa shape index (κ2) is 8.94. The zero-order valence-corrected chi connectivity index (χ0v) is 19.3. The number of aryl methyl sites for hydroxylation is 1. The lowest BCUT2D eigenvalue weighted by Gasteiger charge is -2.10. The van der Waals surface area contributed by atoms with Gasteiger partial charge in [-0.2, -0.15) is 0 Å². The summed E-state index contributed by atoms with van der Waals surface area (Å²) in [6.07, 6.45) is 0. The van der Waals surface area contributed by atoms with Crippen LogP contribution in [0.3, 0.4) is 0 Å².